The van der Waals surface area contributed by atoms with Crippen LogP contribution in [0.3, 0.4) is 0 Å². The fraction of sp³-hybridized carbons (Fsp3) is 0.778. The van der Waals surface area contributed by atoms with Crippen LogP contribution in [0.15, 0.2) is 12.3 Å². The molecule has 1 fully saturated rings. The minimum absolute atomic E-state index is 0.323. The standard InChI is InChI=1S/C9H16O4/c1-7-6-12-8(2,10-4)9(3,11-5)13-7/h1,6H2,2-5H3/t8-,9+/m1/s1. The Hall–Kier alpha value is -0.580. The van der Waals surface area contributed by atoms with Crippen molar-refractivity contribution in [3.8, 4) is 0 Å². The predicted octanol–water partition coefficient (Wildman–Crippen LogP) is 1.27. The third kappa shape index (κ3) is 1.57. The first-order chi connectivity index (χ1) is 5.97. The van der Waals surface area contributed by atoms with Crippen LogP contribution in [0.5, 0.6) is 0 Å². The number of hydrogen-bond acceptors (Lipinski definition) is 4. The van der Waals surface area contributed by atoms with Crippen molar-refractivity contribution in [3.63, 3.8) is 0 Å². The average molecular weight is 188 g/mol. The van der Waals surface area contributed by atoms with Gasteiger partial charge in [0, 0.05) is 21.1 Å². The molecular formula is C9H16O4. The van der Waals surface area contributed by atoms with Gasteiger partial charge in [0.2, 0.25) is 5.79 Å². The molecule has 0 bridgehead atoms. The Morgan fingerprint density at radius 3 is 2.23 bits per heavy atom. The number of ether oxygens (including phenoxy) is 4. The van der Waals surface area contributed by atoms with Gasteiger partial charge in [-0.25, -0.2) is 0 Å². The van der Waals surface area contributed by atoms with E-state index in [1.807, 2.05) is 0 Å². The van der Waals surface area contributed by atoms with Gasteiger partial charge in [-0.1, -0.05) is 6.58 Å². The Morgan fingerprint density at radius 1 is 1.23 bits per heavy atom. The van der Waals surface area contributed by atoms with E-state index in [9.17, 15) is 0 Å². The molecule has 4 nitrogen and oxygen atoms in total. The van der Waals surface area contributed by atoms with E-state index in [-0.39, 0.29) is 0 Å². The van der Waals surface area contributed by atoms with E-state index in [4.69, 9.17) is 18.9 Å². The van der Waals surface area contributed by atoms with Gasteiger partial charge in [0.25, 0.3) is 5.79 Å². The van der Waals surface area contributed by atoms with Gasteiger partial charge < -0.3 is 18.9 Å². The fourth-order valence-corrected chi connectivity index (χ4v) is 1.22. The lowest BCUT2D eigenvalue weighted by Gasteiger charge is -2.46. The maximum Gasteiger partial charge on any atom is 0.261 e. The SMILES string of the molecule is C=C1CO[C@@](C)(OC)[C@@](C)(OC)O1. The monoisotopic (exact) mass is 188 g/mol. The van der Waals surface area contributed by atoms with E-state index in [1.165, 1.54) is 0 Å². The van der Waals surface area contributed by atoms with Crippen LogP contribution < -0.4 is 0 Å². The highest BCUT2D eigenvalue weighted by Gasteiger charge is 2.52. The van der Waals surface area contributed by atoms with Gasteiger partial charge in [-0.15, -0.1) is 0 Å². The number of methoxy groups -OCH3 is 2. The van der Waals surface area contributed by atoms with Gasteiger partial charge in [-0.05, 0) is 6.92 Å². The summed E-state index contributed by atoms with van der Waals surface area (Å²) in [6, 6.07) is 0. The summed E-state index contributed by atoms with van der Waals surface area (Å²) in [4.78, 5) is 0. The highest BCUT2D eigenvalue weighted by molar-refractivity contribution is 4.96. The second-order valence-electron chi connectivity index (χ2n) is 3.23. The van der Waals surface area contributed by atoms with Crippen LogP contribution in [-0.2, 0) is 18.9 Å². The zero-order chi connectivity index (χ0) is 10.1. The molecule has 1 aliphatic heterocycles. The molecule has 76 valence electrons. The van der Waals surface area contributed by atoms with E-state index in [0.717, 1.165) is 0 Å². The van der Waals surface area contributed by atoms with Crippen LogP contribution in [0, 0.1) is 0 Å². The van der Waals surface area contributed by atoms with Gasteiger partial charge >= 0.3 is 0 Å². The summed E-state index contributed by atoms with van der Waals surface area (Å²) in [7, 11) is 3.09. The highest BCUT2D eigenvalue weighted by atomic mass is 16.8. The molecule has 0 aliphatic carbocycles. The summed E-state index contributed by atoms with van der Waals surface area (Å²) in [5, 5.41) is 0. The summed E-state index contributed by atoms with van der Waals surface area (Å²) in [5.41, 5.74) is 0. The van der Waals surface area contributed by atoms with Crippen LogP contribution in [0.2, 0.25) is 0 Å². The Labute approximate surface area is 78.4 Å². The summed E-state index contributed by atoms with van der Waals surface area (Å²) in [6.07, 6.45) is 0. The van der Waals surface area contributed by atoms with E-state index in [0.29, 0.717) is 12.4 Å². The lowest BCUT2D eigenvalue weighted by molar-refractivity contribution is -0.399. The van der Waals surface area contributed by atoms with Crippen molar-refractivity contribution in [2.75, 3.05) is 20.8 Å². The molecule has 0 aromatic carbocycles. The molecule has 1 heterocycles. The molecule has 0 aromatic rings. The normalized spacial score (nSPS) is 40.2. The summed E-state index contributed by atoms with van der Waals surface area (Å²) in [6.45, 7) is 7.51. The topological polar surface area (TPSA) is 36.9 Å². The molecule has 1 saturated heterocycles. The highest BCUT2D eigenvalue weighted by Crippen LogP contribution is 2.36. The van der Waals surface area contributed by atoms with Crippen LogP contribution in [0.1, 0.15) is 13.8 Å². The molecular weight excluding hydrogens is 172 g/mol. The van der Waals surface area contributed by atoms with Crippen molar-refractivity contribution in [2.45, 2.75) is 25.4 Å². The Bertz CT molecular complexity index is 216. The molecule has 0 aromatic heterocycles. The van der Waals surface area contributed by atoms with Crippen LogP contribution in [0.4, 0.5) is 0 Å². The second-order valence-corrected chi connectivity index (χ2v) is 3.23. The molecule has 2 atom stereocenters. The largest absolute Gasteiger partial charge is 0.459 e. The van der Waals surface area contributed by atoms with Crippen molar-refractivity contribution in [2.24, 2.45) is 0 Å². The number of rotatable bonds is 2. The summed E-state index contributed by atoms with van der Waals surface area (Å²) < 4.78 is 21.4. The van der Waals surface area contributed by atoms with Crippen molar-refractivity contribution in [1.82, 2.24) is 0 Å². The first-order valence-corrected chi connectivity index (χ1v) is 4.08. The lowest BCUT2D eigenvalue weighted by atomic mass is 10.1. The van der Waals surface area contributed by atoms with Gasteiger partial charge in [0.1, 0.15) is 12.4 Å². The maximum absolute atomic E-state index is 5.46. The van der Waals surface area contributed by atoms with E-state index in [2.05, 4.69) is 6.58 Å². The zero-order valence-electron chi connectivity index (χ0n) is 8.55. The van der Waals surface area contributed by atoms with E-state index in [1.54, 1.807) is 28.1 Å². The molecule has 0 radical (unpaired) electrons. The lowest BCUT2D eigenvalue weighted by Crippen LogP contribution is -2.59. The average Bonchev–Trinajstić information content (AvgIpc) is 2.12. The van der Waals surface area contributed by atoms with E-state index >= 15 is 0 Å². The minimum Gasteiger partial charge on any atom is -0.459 e. The smallest absolute Gasteiger partial charge is 0.261 e. The third-order valence-corrected chi connectivity index (χ3v) is 2.45. The van der Waals surface area contributed by atoms with Crippen molar-refractivity contribution >= 4 is 0 Å². The van der Waals surface area contributed by atoms with Crippen molar-refractivity contribution in [3.05, 3.63) is 12.3 Å². The van der Waals surface area contributed by atoms with Crippen LogP contribution >= 0.6 is 0 Å². The molecule has 1 rings (SSSR count). The van der Waals surface area contributed by atoms with Crippen molar-refractivity contribution in [1.29, 1.82) is 0 Å². The zero-order valence-corrected chi connectivity index (χ0v) is 8.55. The molecule has 0 N–H and O–H groups in total. The van der Waals surface area contributed by atoms with Gasteiger partial charge in [0.15, 0.2) is 0 Å². The quantitative estimate of drug-likeness (QED) is 0.654. The van der Waals surface area contributed by atoms with Crippen LogP contribution in [0.25, 0.3) is 0 Å². The van der Waals surface area contributed by atoms with Crippen molar-refractivity contribution < 1.29 is 18.9 Å². The van der Waals surface area contributed by atoms with Gasteiger partial charge in [0.05, 0.1) is 0 Å². The first-order valence-electron chi connectivity index (χ1n) is 4.08. The molecule has 13 heavy (non-hydrogen) atoms. The summed E-state index contributed by atoms with van der Waals surface area (Å²) >= 11 is 0. The molecule has 4 heteroatoms. The van der Waals surface area contributed by atoms with Gasteiger partial charge in [-0.2, -0.15) is 0 Å². The second kappa shape index (κ2) is 3.29. The first kappa shape index (κ1) is 10.5. The van der Waals surface area contributed by atoms with Gasteiger partial charge in [-0.3, -0.25) is 0 Å². The minimum atomic E-state index is -0.947. The molecule has 1 aliphatic rings. The fourth-order valence-electron chi connectivity index (χ4n) is 1.22. The van der Waals surface area contributed by atoms with E-state index < -0.39 is 11.6 Å². The summed E-state index contributed by atoms with van der Waals surface area (Å²) in [5.74, 6) is -1.31. The Kier molecular flexibility index (Phi) is 2.66. The third-order valence-electron chi connectivity index (χ3n) is 2.45. The van der Waals surface area contributed by atoms with Crippen LogP contribution in [-0.4, -0.2) is 32.4 Å². The maximum atomic E-state index is 5.46. The Morgan fingerprint density at radius 2 is 1.77 bits per heavy atom. The molecule has 0 saturated carbocycles. The molecule has 0 amide bonds. The number of hydrogen-bond donors (Lipinski definition) is 0. The molecule has 0 spiro atoms. The predicted molar refractivity (Wildman–Crippen MR) is 47.0 cm³/mol. The Balaban J connectivity index is 2.90. The molecule has 0 unspecified atom stereocenters.